The van der Waals surface area contributed by atoms with E-state index < -0.39 is 5.91 Å². The lowest BCUT2D eigenvalue weighted by Gasteiger charge is -2.09. The van der Waals surface area contributed by atoms with Gasteiger partial charge in [-0.2, -0.15) is 5.10 Å². The minimum Gasteiger partial charge on any atom is -0.477 e. The lowest BCUT2D eigenvalue weighted by atomic mass is 10.1. The van der Waals surface area contributed by atoms with E-state index in [0.29, 0.717) is 23.9 Å². The van der Waals surface area contributed by atoms with Gasteiger partial charge >= 0.3 is 0 Å². The molecule has 0 radical (unpaired) electrons. The van der Waals surface area contributed by atoms with Crippen molar-refractivity contribution in [2.75, 3.05) is 17.7 Å². The molecular formula is C17H18N6O2. The van der Waals surface area contributed by atoms with Gasteiger partial charge < -0.3 is 15.8 Å². The molecule has 0 saturated carbocycles. The van der Waals surface area contributed by atoms with Crippen molar-refractivity contribution < 1.29 is 9.53 Å². The Hall–Kier alpha value is -3.42. The van der Waals surface area contributed by atoms with Gasteiger partial charge in [0.2, 0.25) is 5.88 Å². The van der Waals surface area contributed by atoms with E-state index in [9.17, 15) is 4.79 Å². The third-order valence-corrected chi connectivity index (χ3v) is 3.50. The highest BCUT2D eigenvalue weighted by Crippen LogP contribution is 2.27. The molecule has 3 N–H and O–H groups in total. The molecule has 0 atom stereocenters. The Morgan fingerprint density at radius 3 is 2.72 bits per heavy atom. The van der Waals surface area contributed by atoms with Crippen LogP contribution in [0.15, 0.2) is 42.7 Å². The zero-order valence-corrected chi connectivity index (χ0v) is 13.9. The number of anilines is 2. The number of nitrogens with one attached hydrogen (secondary N) is 1. The van der Waals surface area contributed by atoms with Gasteiger partial charge in [-0.25, -0.2) is 0 Å². The zero-order chi connectivity index (χ0) is 17.8. The molecule has 8 nitrogen and oxygen atoms in total. The number of carbonyl (C=O) groups is 1. The topological polar surface area (TPSA) is 108 Å². The maximum absolute atomic E-state index is 12.4. The largest absolute Gasteiger partial charge is 0.477 e. The fraction of sp³-hybridized carbons (Fsp3) is 0.176. The fourth-order valence-electron chi connectivity index (χ4n) is 2.27. The smallest absolute Gasteiger partial charge is 0.276 e. The van der Waals surface area contributed by atoms with Crippen molar-refractivity contribution >= 4 is 17.3 Å². The second-order valence-corrected chi connectivity index (χ2v) is 5.35. The molecule has 0 fully saturated rings. The van der Waals surface area contributed by atoms with Crippen LogP contribution in [0.25, 0.3) is 11.1 Å². The Labute approximate surface area is 144 Å². The van der Waals surface area contributed by atoms with Gasteiger partial charge in [0.25, 0.3) is 5.91 Å². The van der Waals surface area contributed by atoms with Crippen molar-refractivity contribution in [3.05, 3.63) is 48.4 Å². The quantitative estimate of drug-likeness (QED) is 0.690. The molecule has 3 aromatic rings. The maximum atomic E-state index is 12.4. The SMILES string of the molecule is CCOc1ccc(C(=O)Nc2cc(-c3cnn(C)c3)ccc2N)nn1. The molecule has 0 spiro atoms. The summed E-state index contributed by atoms with van der Waals surface area (Å²) >= 11 is 0. The summed E-state index contributed by atoms with van der Waals surface area (Å²) in [6.45, 7) is 2.33. The fourth-order valence-corrected chi connectivity index (χ4v) is 2.27. The van der Waals surface area contributed by atoms with E-state index in [1.807, 2.05) is 26.2 Å². The average Bonchev–Trinajstić information content (AvgIpc) is 3.04. The average molecular weight is 338 g/mol. The first-order valence-electron chi connectivity index (χ1n) is 7.73. The van der Waals surface area contributed by atoms with Gasteiger partial charge in [-0.15, -0.1) is 10.2 Å². The van der Waals surface area contributed by atoms with Crippen LogP contribution < -0.4 is 15.8 Å². The van der Waals surface area contributed by atoms with Crippen LogP contribution >= 0.6 is 0 Å². The molecule has 128 valence electrons. The Morgan fingerprint density at radius 2 is 2.08 bits per heavy atom. The van der Waals surface area contributed by atoms with E-state index in [-0.39, 0.29) is 5.69 Å². The number of nitrogens with two attached hydrogens (primary N) is 1. The summed E-state index contributed by atoms with van der Waals surface area (Å²) in [7, 11) is 1.84. The van der Waals surface area contributed by atoms with Crippen molar-refractivity contribution in [3.63, 3.8) is 0 Å². The third kappa shape index (κ3) is 3.74. The minimum absolute atomic E-state index is 0.176. The summed E-state index contributed by atoms with van der Waals surface area (Å²) in [5.74, 6) is -0.0253. The minimum atomic E-state index is -0.398. The number of benzene rings is 1. The van der Waals surface area contributed by atoms with Crippen LogP contribution in [-0.2, 0) is 7.05 Å². The Morgan fingerprint density at radius 1 is 1.24 bits per heavy atom. The molecule has 0 saturated heterocycles. The van der Waals surface area contributed by atoms with Crippen molar-refractivity contribution in [3.8, 4) is 17.0 Å². The molecule has 0 aliphatic rings. The van der Waals surface area contributed by atoms with Gasteiger partial charge in [-0.05, 0) is 30.7 Å². The van der Waals surface area contributed by atoms with Crippen LogP contribution in [0.3, 0.4) is 0 Å². The van der Waals surface area contributed by atoms with Gasteiger partial charge in [-0.3, -0.25) is 9.48 Å². The molecule has 0 unspecified atom stereocenters. The van der Waals surface area contributed by atoms with Crippen LogP contribution in [0, 0.1) is 0 Å². The highest BCUT2D eigenvalue weighted by molar-refractivity contribution is 6.04. The third-order valence-electron chi connectivity index (χ3n) is 3.50. The first-order valence-corrected chi connectivity index (χ1v) is 7.73. The van der Waals surface area contributed by atoms with E-state index in [1.54, 1.807) is 35.1 Å². The number of aromatic nitrogens is 4. The summed E-state index contributed by atoms with van der Waals surface area (Å²) in [5, 5.41) is 14.6. The maximum Gasteiger partial charge on any atom is 0.276 e. The molecule has 0 aliphatic heterocycles. The first kappa shape index (κ1) is 16.4. The highest BCUT2D eigenvalue weighted by atomic mass is 16.5. The van der Waals surface area contributed by atoms with Crippen LogP contribution in [0.4, 0.5) is 11.4 Å². The van der Waals surface area contributed by atoms with Crippen molar-refractivity contribution in [1.82, 2.24) is 20.0 Å². The molecule has 25 heavy (non-hydrogen) atoms. The molecule has 2 heterocycles. The summed E-state index contributed by atoms with van der Waals surface area (Å²) in [4.78, 5) is 12.4. The standard InChI is InChI=1S/C17H18N6O2/c1-3-25-16-7-6-14(21-22-16)17(24)20-15-8-11(4-5-13(15)18)12-9-19-23(2)10-12/h4-10H,3,18H2,1-2H3,(H,20,24). The summed E-state index contributed by atoms with van der Waals surface area (Å²) < 4.78 is 6.92. The van der Waals surface area contributed by atoms with Gasteiger partial charge in [-0.1, -0.05) is 6.07 Å². The van der Waals surface area contributed by atoms with Crippen LogP contribution in [-0.4, -0.2) is 32.5 Å². The molecule has 1 amide bonds. The number of aryl methyl sites for hydroxylation is 1. The number of amides is 1. The molecule has 0 aliphatic carbocycles. The van der Waals surface area contributed by atoms with E-state index in [4.69, 9.17) is 10.5 Å². The number of hydrogen-bond donors (Lipinski definition) is 2. The van der Waals surface area contributed by atoms with Crippen molar-refractivity contribution in [2.45, 2.75) is 6.92 Å². The van der Waals surface area contributed by atoms with E-state index >= 15 is 0 Å². The zero-order valence-electron chi connectivity index (χ0n) is 13.9. The summed E-state index contributed by atoms with van der Waals surface area (Å²) in [5.41, 5.74) is 8.93. The Kier molecular flexibility index (Phi) is 4.60. The van der Waals surface area contributed by atoms with E-state index in [2.05, 4.69) is 20.6 Å². The van der Waals surface area contributed by atoms with Crippen LogP contribution in [0.5, 0.6) is 5.88 Å². The Balaban J connectivity index is 1.80. The highest BCUT2D eigenvalue weighted by Gasteiger charge is 2.12. The van der Waals surface area contributed by atoms with Crippen LogP contribution in [0.1, 0.15) is 17.4 Å². The second-order valence-electron chi connectivity index (χ2n) is 5.35. The van der Waals surface area contributed by atoms with E-state index in [1.165, 1.54) is 0 Å². The lowest BCUT2D eigenvalue weighted by molar-refractivity contribution is 0.102. The predicted octanol–water partition coefficient (Wildman–Crippen LogP) is 2.11. The number of nitrogen functional groups attached to an aromatic ring is 1. The van der Waals surface area contributed by atoms with Gasteiger partial charge in [0.15, 0.2) is 5.69 Å². The van der Waals surface area contributed by atoms with Crippen LogP contribution in [0.2, 0.25) is 0 Å². The van der Waals surface area contributed by atoms with E-state index in [0.717, 1.165) is 11.1 Å². The summed E-state index contributed by atoms with van der Waals surface area (Å²) in [6, 6.07) is 8.56. The number of carbonyl (C=O) groups excluding carboxylic acids is 1. The molecule has 3 rings (SSSR count). The molecular weight excluding hydrogens is 320 g/mol. The number of nitrogens with zero attached hydrogens (tertiary/aromatic N) is 4. The number of hydrogen-bond acceptors (Lipinski definition) is 6. The summed E-state index contributed by atoms with van der Waals surface area (Å²) in [6.07, 6.45) is 3.63. The first-order chi connectivity index (χ1) is 12.1. The number of rotatable bonds is 5. The molecule has 1 aromatic carbocycles. The van der Waals surface area contributed by atoms with Gasteiger partial charge in [0.05, 0.1) is 24.2 Å². The van der Waals surface area contributed by atoms with Crippen molar-refractivity contribution in [2.24, 2.45) is 7.05 Å². The predicted molar refractivity (Wildman–Crippen MR) is 94.2 cm³/mol. The Bertz CT molecular complexity index is 888. The van der Waals surface area contributed by atoms with Crippen molar-refractivity contribution in [1.29, 1.82) is 0 Å². The molecule has 8 heteroatoms. The molecule has 2 aromatic heterocycles. The monoisotopic (exact) mass is 338 g/mol. The number of ether oxygens (including phenoxy) is 1. The van der Waals surface area contributed by atoms with Gasteiger partial charge in [0.1, 0.15) is 0 Å². The van der Waals surface area contributed by atoms with Gasteiger partial charge in [0, 0.05) is 24.9 Å². The second kappa shape index (κ2) is 7.00. The molecule has 0 bridgehead atoms. The normalized spacial score (nSPS) is 10.5. The lowest BCUT2D eigenvalue weighted by Crippen LogP contribution is -2.15.